The van der Waals surface area contributed by atoms with Gasteiger partial charge in [-0.05, 0) is 74.0 Å². The van der Waals surface area contributed by atoms with Gasteiger partial charge in [0.2, 0.25) is 5.91 Å². The molecule has 7 rings (SSSR count). The van der Waals surface area contributed by atoms with E-state index in [9.17, 15) is 9.59 Å². The summed E-state index contributed by atoms with van der Waals surface area (Å²) in [5.74, 6) is 0.578. The van der Waals surface area contributed by atoms with Crippen LogP contribution in [0.5, 0.6) is 0 Å². The minimum Gasteiger partial charge on any atom is -0.464 e. The number of nitrogens with one attached hydrogen (secondary N) is 2. The van der Waals surface area contributed by atoms with E-state index >= 15 is 0 Å². The molecule has 2 N–H and O–H groups in total. The van der Waals surface area contributed by atoms with Gasteiger partial charge in [-0.1, -0.05) is 38.6 Å². The van der Waals surface area contributed by atoms with Gasteiger partial charge in [0.05, 0.1) is 23.9 Å². The molecule has 1 aromatic heterocycles. The Balaban J connectivity index is 0.00000185. The number of furan rings is 1. The molecule has 2 aromatic rings. The summed E-state index contributed by atoms with van der Waals surface area (Å²) in [6.45, 7) is 11.6. The summed E-state index contributed by atoms with van der Waals surface area (Å²) in [7, 11) is -0.565. The highest BCUT2D eigenvalue weighted by molar-refractivity contribution is 6.48. The average Bonchev–Trinajstić information content (AvgIpc) is 3.62. The number of likely N-dealkylation sites (tertiary alicyclic amines) is 1. The molecule has 3 amide bonds. The maximum Gasteiger partial charge on any atom is 0.482 e. The van der Waals surface area contributed by atoms with Crippen LogP contribution in [0.3, 0.4) is 0 Å². The number of hydrogen-bond acceptors (Lipinski definition) is 5. The van der Waals surface area contributed by atoms with Crippen molar-refractivity contribution in [3.05, 3.63) is 48.7 Å². The highest BCUT2D eigenvalue weighted by Crippen LogP contribution is 2.65. The number of hydrogen-bond donors (Lipinski definition) is 2. The van der Waals surface area contributed by atoms with Gasteiger partial charge in [0.1, 0.15) is 5.58 Å². The van der Waals surface area contributed by atoms with Crippen LogP contribution in [0.15, 0.2) is 47.6 Å². The fraction of sp³-hybridized carbons (Fsp3) is 0.586. The van der Waals surface area contributed by atoms with E-state index in [0.717, 1.165) is 35.8 Å². The lowest BCUT2D eigenvalue weighted by Crippen LogP contribution is -2.65. The van der Waals surface area contributed by atoms with Gasteiger partial charge < -0.3 is 29.3 Å². The first kappa shape index (κ1) is 25.5. The summed E-state index contributed by atoms with van der Waals surface area (Å²) in [5.41, 5.74) is 1.69. The maximum absolute atomic E-state index is 13.2. The van der Waals surface area contributed by atoms with Gasteiger partial charge in [-0.15, -0.1) is 0 Å². The van der Waals surface area contributed by atoms with E-state index in [1.54, 1.807) is 11.2 Å². The van der Waals surface area contributed by atoms with E-state index in [4.69, 9.17) is 13.7 Å². The van der Waals surface area contributed by atoms with Crippen LogP contribution in [0.4, 0.5) is 4.79 Å². The fourth-order valence-corrected chi connectivity index (χ4v) is 7.60. The Morgan fingerprint density at radius 3 is 2.89 bits per heavy atom. The highest BCUT2D eigenvalue weighted by Gasteiger charge is 2.68. The third-order valence-electron chi connectivity index (χ3n) is 9.95. The minimum absolute atomic E-state index is 0. The van der Waals surface area contributed by atoms with Gasteiger partial charge in [-0.3, -0.25) is 4.79 Å². The first-order valence-electron chi connectivity index (χ1n) is 14.0. The molecule has 3 aliphatic carbocycles. The number of carbonyl (C=O) groups is 2. The summed E-state index contributed by atoms with van der Waals surface area (Å²) >= 11 is 0. The molecule has 206 valence electrons. The quantitative estimate of drug-likeness (QED) is 0.410. The molecule has 3 heterocycles. The zero-order chi connectivity index (χ0) is 26.7. The van der Waals surface area contributed by atoms with E-state index in [1.807, 2.05) is 24.3 Å². The van der Waals surface area contributed by atoms with Crippen LogP contribution in [-0.4, -0.2) is 60.7 Å². The zero-order valence-corrected chi connectivity index (χ0v) is 22.6. The summed E-state index contributed by atoms with van der Waals surface area (Å²) in [6.07, 6.45) is 7.57. The molecule has 3 saturated carbocycles. The summed E-state index contributed by atoms with van der Waals surface area (Å²) in [6, 6.07) is 7.59. The van der Waals surface area contributed by atoms with Crippen molar-refractivity contribution in [1.82, 2.24) is 15.5 Å². The largest absolute Gasteiger partial charge is 0.482 e. The molecule has 2 aliphatic heterocycles. The summed E-state index contributed by atoms with van der Waals surface area (Å²) < 4.78 is 19.1. The number of urea groups is 1. The molecule has 1 aromatic carbocycles. The van der Waals surface area contributed by atoms with Gasteiger partial charge in [0.15, 0.2) is 0 Å². The number of nitrogens with zero attached hydrogens (tertiary/aromatic N) is 1. The molecule has 5 fully saturated rings. The Bertz CT molecular complexity index is 1260. The maximum atomic E-state index is 13.2. The van der Waals surface area contributed by atoms with E-state index in [2.05, 4.69) is 38.0 Å². The van der Waals surface area contributed by atoms with Crippen LogP contribution in [0, 0.1) is 17.3 Å². The third kappa shape index (κ3) is 4.15. The van der Waals surface area contributed by atoms with Crippen LogP contribution in [0.1, 0.15) is 54.9 Å². The topological polar surface area (TPSA) is 93.0 Å². The normalized spacial score (nSPS) is 32.0. The number of para-hydroxylation sites is 1. The van der Waals surface area contributed by atoms with Gasteiger partial charge in [0, 0.05) is 27.4 Å². The van der Waals surface area contributed by atoms with Crippen molar-refractivity contribution in [2.24, 2.45) is 17.3 Å². The molecule has 5 aliphatic rings. The highest BCUT2D eigenvalue weighted by atomic mass is 16.7. The second-order valence-corrected chi connectivity index (χ2v) is 12.3. The van der Waals surface area contributed by atoms with Crippen LogP contribution in [0.25, 0.3) is 11.0 Å². The van der Waals surface area contributed by atoms with Crippen molar-refractivity contribution >= 4 is 30.0 Å². The number of carbonyl (C=O) groups excluding carboxylic acids is 2. The average molecular weight is 523 g/mol. The van der Waals surface area contributed by atoms with Crippen LogP contribution in [-0.2, 0) is 20.5 Å². The van der Waals surface area contributed by atoms with Crippen LogP contribution in [0.2, 0.25) is 0 Å². The standard InChI is InChI=1S/C29H38BN3O5.2H2/c1-5-26(34)33-12-8-9-20(33)16-31-27(35)32-25(13-18-17-36-22-11-7-6-10-21(18)22)30-37-24-15-19-14-23(28(19,2)3)29(24,4)38-30;;/h5-7,10-11,17,19-20,23-25H,1,8-9,12-16H2,2-4H3,(H2,31,32,35);2*1H/t19?,20-,23?,24-,25+,29+;;/m1../s1. The van der Waals surface area contributed by atoms with Crippen molar-refractivity contribution in [2.45, 2.75) is 76.6 Å². The van der Waals surface area contributed by atoms with Gasteiger partial charge in [-0.25, -0.2) is 4.79 Å². The second-order valence-electron chi connectivity index (χ2n) is 12.3. The lowest BCUT2D eigenvalue weighted by atomic mass is 9.43. The Morgan fingerprint density at radius 1 is 1.29 bits per heavy atom. The first-order valence-corrected chi connectivity index (χ1v) is 14.0. The molecular weight excluding hydrogens is 481 g/mol. The smallest absolute Gasteiger partial charge is 0.464 e. The fourth-order valence-electron chi connectivity index (χ4n) is 7.60. The lowest BCUT2D eigenvalue weighted by molar-refractivity contribution is -0.199. The Labute approximate surface area is 227 Å². The zero-order valence-electron chi connectivity index (χ0n) is 22.6. The molecule has 0 spiro atoms. The van der Waals surface area contributed by atoms with E-state index in [1.165, 1.54) is 12.5 Å². The second kappa shape index (κ2) is 9.45. The van der Waals surface area contributed by atoms with Crippen molar-refractivity contribution in [1.29, 1.82) is 0 Å². The molecule has 8 nitrogen and oxygen atoms in total. The van der Waals surface area contributed by atoms with E-state index < -0.39 is 13.1 Å². The van der Waals surface area contributed by atoms with E-state index in [-0.39, 0.29) is 38.0 Å². The lowest BCUT2D eigenvalue weighted by Gasteiger charge is -2.64. The van der Waals surface area contributed by atoms with Gasteiger partial charge in [0.25, 0.3) is 0 Å². The number of amides is 3. The molecule has 2 unspecified atom stereocenters. The molecule has 2 bridgehead atoms. The van der Waals surface area contributed by atoms with Crippen molar-refractivity contribution < 1.29 is 26.2 Å². The van der Waals surface area contributed by atoms with Crippen LogP contribution >= 0.6 is 0 Å². The first-order chi connectivity index (χ1) is 18.2. The molecule has 0 radical (unpaired) electrons. The van der Waals surface area contributed by atoms with Crippen molar-refractivity contribution in [2.75, 3.05) is 13.1 Å². The number of benzene rings is 1. The molecular formula is C29H42BN3O5. The summed E-state index contributed by atoms with van der Waals surface area (Å²) in [4.78, 5) is 27.1. The molecule has 9 heteroatoms. The molecule has 6 atom stereocenters. The third-order valence-corrected chi connectivity index (χ3v) is 9.95. The Morgan fingerprint density at radius 2 is 2.11 bits per heavy atom. The monoisotopic (exact) mass is 523 g/mol. The predicted molar refractivity (Wildman–Crippen MR) is 150 cm³/mol. The summed E-state index contributed by atoms with van der Waals surface area (Å²) in [5, 5.41) is 7.17. The Hall–Kier alpha value is -2.78. The van der Waals surface area contributed by atoms with Crippen LogP contribution < -0.4 is 10.6 Å². The van der Waals surface area contributed by atoms with E-state index in [0.29, 0.717) is 31.3 Å². The minimum atomic E-state index is -0.565. The van der Waals surface area contributed by atoms with Gasteiger partial charge in [-0.2, -0.15) is 0 Å². The van der Waals surface area contributed by atoms with Crippen molar-refractivity contribution in [3.8, 4) is 0 Å². The SMILES string of the molecule is C=CC(=O)N1CCC[C@@H]1CNC(=O)N[C@@H](Cc1coc2ccccc12)B1O[C@@H]2CC3CC(C3(C)C)[C@]2(C)O1.[HH].[HH]. The number of fused-ring (bicyclic) bond motifs is 1. The molecule has 2 saturated heterocycles. The van der Waals surface area contributed by atoms with Crippen molar-refractivity contribution in [3.63, 3.8) is 0 Å². The molecule has 38 heavy (non-hydrogen) atoms. The Kier molecular flexibility index (Phi) is 6.34. The predicted octanol–water partition coefficient (Wildman–Crippen LogP) is 4.58. The number of rotatable bonds is 7. The van der Waals surface area contributed by atoms with Gasteiger partial charge >= 0.3 is 13.1 Å².